The van der Waals surface area contributed by atoms with Crippen molar-refractivity contribution in [1.82, 2.24) is 10.2 Å². The molecule has 114 valence electrons. The number of nitrogens with one attached hydrogen (secondary N) is 1. The van der Waals surface area contributed by atoms with Gasteiger partial charge in [-0.05, 0) is 47.9 Å². The van der Waals surface area contributed by atoms with Gasteiger partial charge in [0.2, 0.25) is 0 Å². The largest absolute Gasteiger partial charge is 0.335 e. The minimum atomic E-state index is -0.0300. The van der Waals surface area contributed by atoms with Crippen LogP contribution in [-0.4, -0.2) is 17.9 Å². The Kier molecular flexibility index (Phi) is 4.19. The van der Waals surface area contributed by atoms with Gasteiger partial charge in [-0.25, -0.2) is 0 Å². The summed E-state index contributed by atoms with van der Waals surface area (Å²) in [5, 5.41) is 3.99. The number of hydrogen-bond acceptors (Lipinski definition) is 2. The highest BCUT2D eigenvalue weighted by molar-refractivity contribution is 6.30. The lowest BCUT2D eigenvalue weighted by atomic mass is 10.0. The van der Waals surface area contributed by atoms with Crippen molar-refractivity contribution in [1.29, 1.82) is 0 Å². The minimum Gasteiger partial charge on any atom is -0.335 e. The van der Waals surface area contributed by atoms with Crippen LogP contribution in [0.4, 0.5) is 0 Å². The predicted molar refractivity (Wildman–Crippen MR) is 88.9 cm³/mol. The number of rotatable bonds is 3. The van der Waals surface area contributed by atoms with Gasteiger partial charge in [0.25, 0.3) is 5.91 Å². The summed E-state index contributed by atoms with van der Waals surface area (Å²) in [7, 11) is 1.83. The van der Waals surface area contributed by atoms with E-state index in [2.05, 4.69) is 5.32 Å². The molecule has 22 heavy (non-hydrogen) atoms. The van der Waals surface area contributed by atoms with E-state index in [4.69, 9.17) is 11.6 Å². The SMILES string of the molecule is CC(c1cccc(Cl)c1)N(C)C(=O)c1ccc2c(c1)CNC2. The molecule has 0 aromatic heterocycles. The maximum absolute atomic E-state index is 12.7. The van der Waals surface area contributed by atoms with Crippen molar-refractivity contribution >= 4 is 17.5 Å². The number of carbonyl (C=O) groups excluding carboxylic acids is 1. The molecule has 1 N–H and O–H groups in total. The van der Waals surface area contributed by atoms with Crippen LogP contribution in [0.5, 0.6) is 0 Å². The third-order valence-electron chi connectivity index (χ3n) is 4.32. The van der Waals surface area contributed by atoms with Crippen molar-refractivity contribution in [3.05, 3.63) is 69.7 Å². The normalized spacial score (nSPS) is 14.5. The van der Waals surface area contributed by atoms with Crippen molar-refractivity contribution in [2.24, 2.45) is 0 Å². The molecule has 1 amide bonds. The number of fused-ring (bicyclic) bond motifs is 1. The number of halogens is 1. The molecule has 4 heteroatoms. The van der Waals surface area contributed by atoms with Crippen LogP contribution in [0.25, 0.3) is 0 Å². The Bertz CT molecular complexity index is 714. The van der Waals surface area contributed by atoms with E-state index in [0.717, 1.165) is 24.2 Å². The Morgan fingerprint density at radius 1 is 1.18 bits per heavy atom. The zero-order valence-corrected chi connectivity index (χ0v) is 13.5. The molecule has 2 aromatic carbocycles. The Balaban J connectivity index is 1.82. The van der Waals surface area contributed by atoms with Crippen molar-refractivity contribution < 1.29 is 4.79 Å². The quantitative estimate of drug-likeness (QED) is 0.935. The smallest absolute Gasteiger partial charge is 0.254 e. The van der Waals surface area contributed by atoms with E-state index >= 15 is 0 Å². The molecule has 1 atom stereocenters. The van der Waals surface area contributed by atoms with E-state index in [1.54, 1.807) is 4.90 Å². The van der Waals surface area contributed by atoms with Crippen LogP contribution in [-0.2, 0) is 13.1 Å². The van der Waals surface area contributed by atoms with Gasteiger partial charge >= 0.3 is 0 Å². The fourth-order valence-corrected chi connectivity index (χ4v) is 3.00. The lowest BCUT2D eigenvalue weighted by Gasteiger charge is -2.26. The zero-order valence-electron chi connectivity index (χ0n) is 12.8. The van der Waals surface area contributed by atoms with E-state index in [1.807, 2.05) is 56.4 Å². The van der Waals surface area contributed by atoms with E-state index < -0.39 is 0 Å². The highest BCUT2D eigenvalue weighted by Gasteiger charge is 2.20. The summed E-state index contributed by atoms with van der Waals surface area (Å²) in [6.45, 7) is 3.74. The van der Waals surface area contributed by atoms with Gasteiger partial charge in [-0.15, -0.1) is 0 Å². The molecular formula is C18H19ClN2O. The third-order valence-corrected chi connectivity index (χ3v) is 4.55. The summed E-state index contributed by atoms with van der Waals surface area (Å²) in [6, 6.07) is 13.6. The molecule has 0 saturated heterocycles. The lowest BCUT2D eigenvalue weighted by Crippen LogP contribution is -2.29. The fourth-order valence-electron chi connectivity index (χ4n) is 2.80. The van der Waals surface area contributed by atoms with E-state index in [1.165, 1.54) is 11.1 Å². The first-order valence-electron chi connectivity index (χ1n) is 7.41. The molecule has 3 rings (SSSR count). The number of nitrogens with zero attached hydrogens (tertiary/aromatic N) is 1. The van der Waals surface area contributed by atoms with Gasteiger partial charge in [0.05, 0.1) is 6.04 Å². The van der Waals surface area contributed by atoms with Crippen LogP contribution < -0.4 is 5.32 Å². The van der Waals surface area contributed by atoms with Gasteiger partial charge in [-0.3, -0.25) is 4.79 Å². The van der Waals surface area contributed by atoms with Gasteiger partial charge < -0.3 is 10.2 Å². The van der Waals surface area contributed by atoms with E-state index in [0.29, 0.717) is 5.02 Å². The molecule has 0 saturated carbocycles. The summed E-state index contributed by atoms with van der Waals surface area (Å²) >= 11 is 6.04. The summed E-state index contributed by atoms with van der Waals surface area (Å²) in [4.78, 5) is 14.5. The van der Waals surface area contributed by atoms with E-state index in [-0.39, 0.29) is 11.9 Å². The molecular weight excluding hydrogens is 296 g/mol. The Hall–Kier alpha value is -1.84. The molecule has 0 spiro atoms. The summed E-state index contributed by atoms with van der Waals surface area (Å²) in [5.41, 5.74) is 4.27. The zero-order chi connectivity index (χ0) is 15.7. The highest BCUT2D eigenvalue weighted by Crippen LogP contribution is 2.24. The Labute approximate surface area is 135 Å². The Morgan fingerprint density at radius 2 is 1.95 bits per heavy atom. The van der Waals surface area contributed by atoms with Gasteiger partial charge in [-0.1, -0.05) is 29.8 Å². The summed E-state index contributed by atoms with van der Waals surface area (Å²) in [6.07, 6.45) is 0. The molecule has 1 aliphatic rings. The molecule has 0 bridgehead atoms. The van der Waals surface area contributed by atoms with Gasteiger partial charge in [0.15, 0.2) is 0 Å². The molecule has 1 aliphatic heterocycles. The molecule has 3 nitrogen and oxygen atoms in total. The van der Waals surface area contributed by atoms with E-state index in [9.17, 15) is 4.79 Å². The molecule has 0 fully saturated rings. The number of carbonyl (C=O) groups is 1. The second-order valence-corrected chi connectivity index (χ2v) is 6.17. The molecule has 1 unspecified atom stereocenters. The van der Waals surface area contributed by atoms with Crippen LogP contribution in [0.3, 0.4) is 0 Å². The fraction of sp³-hybridized carbons (Fsp3) is 0.278. The Morgan fingerprint density at radius 3 is 2.73 bits per heavy atom. The molecule has 1 heterocycles. The lowest BCUT2D eigenvalue weighted by molar-refractivity contribution is 0.0742. The van der Waals surface area contributed by atoms with Gasteiger partial charge in [-0.2, -0.15) is 0 Å². The number of hydrogen-bond donors (Lipinski definition) is 1. The summed E-state index contributed by atoms with van der Waals surface area (Å²) < 4.78 is 0. The van der Waals surface area contributed by atoms with Crippen molar-refractivity contribution in [2.45, 2.75) is 26.1 Å². The van der Waals surface area contributed by atoms with Crippen molar-refractivity contribution in [3.63, 3.8) is 0 Å². The molecule has 0 radical (unpaired) electrons. The standard InChI is InChI=1S/C18H19ClN2O/c1-12(13-4-3-5-17(19)9-13)21(2)18(22)14-6-7-15-10-20-11-16(15)8-14/h3-9,12,20H,10-11H2,1-2H3. The van der Waals surface area contributed by atoms with Crippen LogP contribution >= 0.6 is 11.6 Å². The third kappa shape index (κ3) is 2.87. The van der Waals surface area contributed by atoms with Crippen LogP contribution in [0, 0.1) is 0 Å². The van der Waals surface area contributed by atoms with Crippen molar-refractivity contribution in [2.75, 3.05) is 7.05 Å². The van der Waals surface area contributed by atoms with Crippen molar-refractivity contribution in [3.8, 4) is 0 Å². The number of amides is 1. The summed E-state index contributed by atoms with van der Waals surface area (Å²) in [5.74, 6) is 0.0298. The van der Waals surface area contributed by atoms with Gasteiger partial charge in [0, 0.05) is 30.7 Å². The average molecular weight is 315 g/mol. The maximum atomic E-state index is 12.7. The first kappa shape index (κ1) is 15.1. The first-order valence-corrected chi connectivity index (χ1v) is 7.79. The first-order chi connectivity index (χ1) is 10.6. The predicted octanol–water partition coefficient (Wildman–Crippen LogP) is 3.78. The van der Waals surface area contributed by atoms with Gasteiger partial charge in [0.1, 0.15) is 0 Å². The average Bonchev–Trinajstić information content (AvgIpc) is 3.00. The molecule has 2 aromatic rings. The van der Waals surface area contributed by atoms with Crippen LogP contribution in [0.15, 0.2) is 42.5 Å². The minimum absolute atomic E-state index is 0.0298. The monoisotopic (exact) mass is 314 g/mol. The highest BCUT2D eigenvalue weighted by atomic mass is 35.5. The maximum Gasteiger partial charge on any atom is 0.254 e. The second kappa shape index (κ2) is 6.11. The van der Waals surface area contributed by atoms with Crippen LogP contribution in [0.2, 0.25) is 5.02 Å². The topological polar surface area (TPSA) is 32.3 Å². The number of benzene rings is 2. The van der Waals surface area contributed by atoms with Crippen LogP contribution in [0.1, 0.15) is 40.0 Å². The molecule has 0 aliphatic carbocycles. The second-order valence-electron chi connectivity index (χ2n) is 5.73.